The summed E-state index contributed by atoms with van der Waals surface area (Å²) < 4.78 is 24.0. The predicted octanol–water partition coefficient (Wildman–Crippen LogP) is 4.91. The molecule has 0 spiro atoms. The molecule has 152 valence electrons. The second kappa shape index (κ2) is 9.50. The molecular weight excluding hydrogens is 357 g/mol. The molecule has 0 amide bonds. The number of alkyl halides is 1. The summed E-state index contributed by atoms with van der Waals surface area (Å²) in [4.78, 5) is 9.29. The highest BCUT2D eigenvalue weighted by molar-refractivity contribution is 5.84. The van der Waals surface area contributed by atoms with E-state index < -0.39 is 0 Å². The number of aromatic nitrogens is 2. The number of nitrogens with one attached hydrogen (secondary N) is 1. The third kappa shape index (κ3) is 4.90. The Labute approximate surface area is 166 Å². The molecule has 1 aliphatic carbocycles. The van der Waals surface area contributed by atoms with Gasteiger partial charge in [0, 0.05) is 30.5 Å². The minimum atomic E-state index is -0.193. The van der Waals surface area contributed by atoms with Gasteiger partial charge in [0.2, 0.25) is 5.95 Å². The highest BCUT2D eigenvalue weighted by atomic mass is 19.1. The Hall–Kier alpha value is -1.95. The van der Waals surface area contributed by atoms with Gasteiger partial charge in [0.1, 0.15) is 17.4 Å². The molecule has 4 rings (SSSR count). The van der Waals surface area contributed by atoms with Crippen molar-refractivity contribution >= 4 is 16.9 Å². The van der Waals surface area contributed by atoms with Gasteiger partial charge in [-0.05, 0) is 50.5 Å². The number of fused-ring (bicyclic) bond motifs is 1. The largest absolute Gasteiger partial charge is 0.488 e. The fourth-order valence-electron chi connectivity index (χ4n) is 4.31. The van der Waals surface area contributed by atoms with Gasteiger partial charge in [0.15, 0.2) is 0 Å². The first-order valence-corrected chi connectivity index (χ1v) is 10.6. The summed E-state index contributed by atoms with van der Waals surface area (Å²) in [6, 6.07) is 6.39. The smallest absolute Gasteiger partial charge is 0.223 e. The van der Waals surface area contributed by atoms with Gasteiger partial charge in [-0.1, -0.05) is 12.1 Å². The van der Waals surface area contributed by atoms with E-state index in [0.717, 1.165) is 74.8 Å². The average Bonchev–Trinajstić information content (AvgIpc) is 2.74. The Balaban J connectivity index is 1.41. The zero-order valence-electron chi connectivity index (χ0n) is 16.4. The summed E-state index contributed by atoms with van der Waals surface area (Å²) in [6.45, 7) is 1.32. The molecule has 2 aromatic rings. The highest BCUT2D eigenvalue weighted by Gasteiger charge is 2.22. The first-order valence-electron chi connectivity index (χ1n) is 10.6. The summed E-state index contributed by atoms with van der Waals surface area (Å²) in [6.07, 6.45) is 10.1. The number of halogens is 1. The fourth-order valence-corrected chi connectivity index (χ4v) is 4.31. The Kier molecular flexibility index (Phi) is 6.57. The summed E-state index contributed by atoms with van der Waals surface area (Å²) >= 11 is 0. The molecule has 2 heterocycles. The standard InChI is InChI=1S/C22H30FN3O2/c23-12-2-3-16-6-8-18(9-7-16)25-22-24-15-17-4-1-5-20(21(17)26-22)28-19-10-13-27-14-11-19/h1,4-5,15-16,18-19H,2-3,6-14H2,(H,24,25,26). The Morgan fingerprint density at radius 1 is 1.11 bits per heavy atom. The number of nitrogens with zero attached hydrogens (tertiary/aromatic N) is 2. The molecule has 0 atom stereocenters. The van der Waals surface area contributed by atoms with Gasteiger partial charge in [0.05, 0.1) is 19.9 Å². The van der Waals surface area contributed by atoms with Crippen LogP contribution in [0.5, 0.6) is 5.75 Å². The van der Waals surface area contributed by atoms with Crippen LogP contribution in [0, 0.1) is 5.92 Å². The molecule has 1 saturated carbocycles. The van der Waals surface area contributed by atoms with E-state index in [1.165, 1.54) is 0 Å². The number of para-hydroxylation sites is 1. The van der Waals surface area contributed by atoms with E-state index >= 15 is 0 Å². The van der Waals surface area contributed by atoms with E-state index in [-0.39, 0.29) is 12.8 Å². The van der Waals surface area contributed by atoms with Gasteiger partial charge >= 0.3 is 0 Å². The summed E-state index contributed by atoms with van der Waals surface area (Å²) in [5.41, 5.74) is 0.864. The van der Waals surface area contributed by atoms with Crippen molar-refractivity contribution in [3.05, 3.63) is 24.4 Å². The van der Waals surface area contributed by atoms with Crippen LogP contribution in [0.2, 0.25) is 0 Å². The van der Waals surface area contributed by atoms with Crippen LogP contribution in [-0.2, 0) is 4.74 Å². The van der Waals surface area contributed by atoms with E-state index in [1.807, 2.05) is 24.4 Å². The van der Waals surface area contributed by atoms with E-state index in [4.69, 9.17) is 14.5 Å². The van der Waals surface area contributed by atoms with Gasteiger partial charge in [-0.25, -0.2) is 9.97 Å². The van der Waals surface area contributed by atoms with E-state index in [1.54, 1.807) is 0 Å². The fraction of sp³-hybridized carbons (Fsp3) is 0.636. The van der Waals surface area contributed by atoms with Crippen LogP contribution < -0.4 is 10.1 Å². The van der Waals surface area contributed by atoms with E-state index in [2.05, 4.69) is 10.3 Å². The van der Waals surface area contributed by atoms with Crippen molar-refractivity contribution in [2.24, 2.45) is 5.92 Å². The van der Waals surface area contributed by atoms with Gasteiger partial charge in [-0.3, -0.25) is 4.39 Å². The third-order valence-electron chi connectivity index (χ3n) is 5.96. The second-order valence-corrected chi connectivity index (χ2v) is 8.01. The maximum absolute atomic E-state index is 12.4. The maximum atomic E-state index is 12.4. The van der Waals surface area contributed by atoms with Crippen molar-refractivity contribution in [3.63, 3.8) is 0 Å². The maximum Gasteiger partial charge on any atom is 0.223 e. The van der Waals surface area contributed by atoms with E-state index in [9.17, 15) is 4.39 Å². The average molecular weight is 387 g/mol. The lowest BCUT2D eigenvalue weighted by Crippen LogP contribution is -2.27. The van der Waals surface area contributed by atoms with Gasteiger partial charge in [0.25, 0.3) is 0 Å². The number of benzene rings is 1. The van der Waals surface area contributed by atoms with Crippen LogP contribution >= 0.6 is 0 Å². The Bertz CT molecular complexity index is 759. The van der Waals surface area contributed by atoms with Crippen molar-refractivity contribution in [3.8, 4) is 5.75 Å². The minimum Gasteiger partial charge on any atom is -0.488 e. The van der Waals surface area contributed by atoms with Crippen LogP contribution in [0.15, 0.2) is 24.4 Å². The lowest BCUT2D eigenvalue weighted by molar-refractivity contribution is 0.0261. The quantitative estimate of drug-likeness (QED) is 0.732. The minimum absolute atomic E-state index is 0.185. The number of anilines is 1. The molecule has 2 fully saturated rings. The molecule has 6 heteroatoms. The Morgan fingerprint density at radius 2 is 1.93 bits per heavy atom. The molecular formula is C22H30FN3O2. The molecule has 28 heavy (non-hydrogen) atoms. The van der Waals surface area contributed by atoms with Crippen LogP contribution in [0.25, 0.3) is 10.9 Å². The molecule has 2 aliphatic rings. The van der Waals surface area contributed by atoms with Crippen molar-refractivity contribution in [2.45, 2.75) is 63.5 Å². The van der Waals surface area contributed by atoms with Crippen LogP contribution in [-0.4, -0.2) is 42.0 Å². The molecule has 5 nitrogen and oxygen atoms in total. The van der Waals surface area contributed by atoms with Gasteiger partial charge in [-0.2, -0.15) is 0 Å². The zero-order chi connectivity index (χ0) is 19.2. The van der Waals surface area contributed by atoms with Crippen molar-refractivity contribution in [1.82, 2.24) is 9.97 Å². The molecule has 0 radical (unpaired) electrons. The van der Waals surface area contributed by atoms with Crippen LogP contribution in [0.4, 0.5) is 10.3 Å². The van der Waals surface area contributed by atoms with Crippen LogP contribution in [0.3, 0.4) is 0 Å². The molecule has 0 unspecified atom stereocenters. The Morgan fingerprint density at radius 3 is 2.71 bits per heavy atom. The number of rotatable bonds is 7. The monoisotopic (exact) mass is 387 g/mol. The molecule has 1 aromatic heterocycles. The van der Waals surface area contributed by atoms with Crippen molar-refractivity contribution < 1.29 is 13.9 Å². The molecule has 1 aliphatic heterocycles. The van der Waals surface area contributed by atoms with Crippen molar-refractivity contribution in [2.75, 3.05) is 25.2 Å². The molecule has 1 saturated heterocycles. The van der Waals surface area contributed by atoms with Gasteiger partial charge in [-0.15, -0.1) is 0 Å². The first-order chi connectivity index (χ1) is 13.8. The number of hydrogen-bond donors (Lipinski definition) is 1. The van der Waals surface area contributed by atoms with Crippen LogP contribution in [0.1, 0.15) is 51.4 Å². The topological polar surface area (TPSA) is 56.3 Å². The zero-order valence-corrected chi connectivity index (χ0v) is 16.4. The highest BCUT2D eigenvalue weighted by Crippen LogP contribution is 2.30. The second-order valence-electron chi connectivity index (χ2n) is 8.01. The van der Waals surface area contributed by atoms with Crippen molar-refractivity contribution in [1.29, 1.82) is 0 Å². The summed E-state index contributed by atoms with van der Waals surface area (Å²) in [7, 11) is 0. The molecule has 1 N–H and O–H groups in total. The lowest BCUT2D eigenvalue weighted by Gasteiger charge is -2.29. The third-order valence-corrected chi connectivity index (χ3v) is 5.96. The molecule has 1 aromatic carbocycles. The summed E-state index contributed by atoms with van der Waals surface area (Å²) in [5.74, 6) is 2.17. The number of hydrogen-bond acceptors (Lipinski definition) is 5. The SMILES string of the molecule is FCCCC1CCC(Nc2ncc3cccc(OC4CCOCC4)c3n2)CC1. The lowest BCUT2D eigenvalue weighted by atomic mass is 9.83. The number of ether oxygens (including phenoxy) is 2. The normalized spacial score (nSPS) is 23.6. The summed E-state index contributed by atoms with van der Waals surface area (Å²) in [5, 5.41) is 4.50. The van der Waals surface area contributed by atoms with Gasteiger partial charge < -0.3 is 14.8 Å². The molecule has 0 bridgehead atoms. The van der Waals surface area contributed by atoms with E-state index in [0.29, 0.717) is 24.3 Å². The predicted molar refractivity (Wildman–Crippen MR) is 109 cm³/mol. The first kappa shape index (κ1) is 19.4.